The highest BCUT2D eigenvalue weighted by molar-refractivity contribution is 5.95. The van der Waals surface area contributed by atoms with Crippen molar-refractivity contribution in [2.24, 2.45) is 0 Å². The summed E-state index contributed by atoms with van der Waals surface area (Å²) in [6, 6.07) is 1.70. The maximum absolute atomic E-state index is 12.0. The van der Waals surface area contributed by atoms with Gasteiger partial charge in [-0.05, 0) is 12.5 Å². The molecule has 1 fully saturated rings. The SMILES string of the molecule is CCc1occc1C(=O)N1CCC(O)C1. The van der Waals surface area contributed by atoms with Crippen LogP contribution in [0.2, 0.25) is 0 Å². The third-order valence-corrected chi connectivity index (χ3v) is 2.75. The van der Waals surface area contributed by atoms with E-state index in [1.54, 1.807) is 17.2 Å². The molecule has 0 spiro atoms. The second-order valence-electron chi connectivity index (χ2n) is 3.80. The maximum Gasteiger partial charge on any atom is 0.257 e. The van der Waals surface area contributed by atoms with Crippen LogP contribution in [0.1, 0.15) is 29.5 Å². The zero-order chi connectivity index (χ0) is 10.8. The summed E-state index contributed by atoms with van der Waals surface area (Å²) in [7, 11) is 0. The molecule has 82 valence electrons. The lowest BCUT2D eigenvalue weighted by Gasteiger charge is -2.14. The standard InChI is InChI=1S/C11H15NO3/c1-2-10-9(4-6-15-10)11(14)12-5-3-8(13)7-12/h4,6,8,13H,2-3,5,7H2,1H3. The van der Waals surface area contributed by atoms with Gasteiger partial charge in [-0.25, -0.2) is 0 Å². The molecular formula is C11H15NO3. The van der Waals surface area contributed by atoms with Gasteiger partial charge < -0.3 is 14.4 Å². The van der Waals surface area contributed by atoms with E-state index in [1.165, 1.54) is 0 Å². The number of aliphatic hydroxyl groups is 1. The largest absolute Gasteiger partial charge is 0.469 e. The highest BCUT2D eigenvalue weighted by Gasteiger charge is 2.27. The fourth-order valence-corrected chi connectivity index (χ4v) is 1.90. The summed E-state index contributed by atoms with van der Waals surface area (Å²) < 4.78 is 5.21. The molecule has 2 rings (SSSR count). The van der Waals surface area contributed by atoms with Gasteiger partial charge in [0.2, 0.25) is 0 Å². The van der Waals surface area contributed by atoms with Crippen molar-refractivity contribution in [2.75, 3.05) is 13.1 Å². The van der Waals surface area contributed by atoms with Crippen molar-refractivity contribution >= 4 is 5.91 Å². The average molecular weight is 209 g/mol. The number of aryl methyl sites for hydroxylation is 1. The Hall–Kier alpha value is -1.29. The Balaban J connectivity index is 2.14. The van der Waals surface area contributed by atoms with Crippen molar-refractivity contribution < 1.29 is 14.3 Å². The Bertz CT molecular complexity index is 358. The van der Waals surface area contributed by atoms with Gasteiger partial charge in [-0.2, -0.15) is 0 Å². The minimum absolute atomic E-state index is 0.0304. The minimum atomic E-state index is -0.370. The number of hydrogen-bond donors (Lipinski definition) is 1. The number of β-amino-alcohol motifs (C(OH)–C–C–N with tert-alkyl or cyclic N) is 1. The summed E-state index contributed by atoms with van der Waals surface area (Å²) in [5.41, 5.74) is 0.631. The number of rotatable bonds is 2. The number of carbonyl (C=O) groups is 1. The monoisotopic (exact) mass is 209 g/mol. The molecule has 0 bridgehead atoms. The van der Waals surface area contributed by atoms with Crippen LogP contribution in [0.3, 0.4) is 0 Å². The van der Waals surface area contributed by atoms with Crippen LogP contribution in [0.15, 0.2) is 16.7 Å². The quantitative estimate of drug-likeness (QED) is 0.792. The zero-order valence-corrected chi connectivity index (χ0v) is 8.77. The molecule has 0 aliphatic carbocycles. The molecule has 4 heteroatoms. The molecule has 1 atom stereocenters. The Morgan fingerprint density at radius 1 is 1.73 bits per heavy atom. The molecule has 4 nitrogen and oxygen atoms in total. The van der Waals surface area contributed by atoms with Crippen LogP contribution in [0.4, 0.5) is 0 Å². The van der Waals surface area contributed by atoms with E-state index in [2.05, 4.69) is 0 Å². The van der Waals surface area contributed by atoms with Crippen molar-refractivity contribution in [1.29, 1.82) is 0 Å². The van der Waals surface area contributed by atoms with Crippen LogP contribution in [-0.4, -0.2) is 35.1 Å². The van der Waals surface area contributed by atoms with Crippen LogP contribution >= 0.6 is 0 Å². The van der Waals surface area contributed by atoms with Crippen LogP contribution in [0, 0.1) is 0 Å². The van der Waals surface area contributed by atoms with E-state index < -0.39 is 0 Å². The first-order valence-corrected chi connectivity index (χ1v) is 5.26. The second kappa shape index (κ2) is 4.06. The molecule has 1 aromatic heterocycles. The molecular weight excluding hydrogens is 194 g/mol. The number of carbonyl (C=O) groups excluding carboxylic acids is 1. The number of furan rings is 1. The molecule has 2 heterocycles. The van der Waals surface area contributed by atoms with Gasteiger partial charge in [-0.1, -0.05) is 6.92 Å². The van der Waals surface area contributed by atoms with Crippen molar-refractivity contribution in [3.05, 3.63) is 23.7 Å². The summed E-state index contributed by atoms with van der Waals surface area (Å²) in [6.07, 6.45) is 2.56. The predicted molar refractivity (Wildman–Crippen MR) is 54.6 cm³/mol. The van der Waals surface area contributed by atoms with Gasteiger partial charge in [-0.3, -0.25) is 4.79 Å². The smallest absolute Gasteiger partial charge is 0.257 e. The van der Waals surface area contributed by atoms with Crippen LogP contribution in [0.5, 0.6) is 0 Å². The van der Waals surface area contributed by atoms with Crippen molar-refractivity contribution in [3.8, 4) is 0 Å². The van der Waals surface area contributed by atoms with Crippen molar-refractivity contribution in [3.63, 3.8) is 0 Å². The Kier molecular flexibility index (Phi) is 2.77. The summed E-state index contributed by atoms with van der Waals surface area (Å²) in [6.45, 7) is 3.02. The van der Waals surface area contributed by atoms with E-state index in [9.17, 15) is 9.90 Å². The van der Waals surface area contributed by atoms with E-state index in [4.69, 9.17) is 4.42 Å². The van der Waals surface area contributed by atoms with E-state index in [0.29, 0.717) is 31.5 Å². The molecule has 1 aromatic rings. The van der Waals surface area contributed by atoms with E-state index >= 15 is 0 Å². The highest BCUT2D eigenvalue weighted by Crippen LogP contribution is 2.17. The zero-order valence-electron chi connectivity index (χ0n) is 8.77. The number of nitrogens with zero attached hydrogens (tertiary/aromatic N) is 1. The number of aliphatic hydroxyl groups excluding tert-OH is 1. The third kappa shape index (κ3) is 1.90. The molecule has 1 saturated heterocycles. The third-order valence-electron chi connectivity index (χ3n) is 2.75. The maximum atomic E-state index is 12.0. The molecule has 1 N–H and O–H groups in total. The minimum Gasteiger partial charge on any atom is -0.469 e. The molecule has 1 amide bonds. The first-order chi connectivity index (χ1) is 7.22. The van der Waals surface area contributed by atoms with E-state index in [1.807, 2.05) is 6.92 Å². The second-order valence-corrected chi connectivity index (χ2v) is 3.80. The fraction of sp³-hybridized carbons (Fsp3) is 0.545. The van der Waals surface area contributed by atoms with Crippen LogP contribution < -0.4 is 0 Å². The van der Waals surface area contributed by atoms with Gasteiger partial charge in [0.15, 0.2) is 0 Å². The summed E-state index contributed by atoms with van der Waals surface area (Å²) in [5.74, 6) is 0.693. The van der Waals surface area contributed by atoms with Crippen molar-refractivity contribution in [1.82, 2.24) is 4.90 Å². The van der Waals surface area contributed by atoms with E-state index in [0.717, 1.165) is 5.76 Å². The highest BCUT2D eigenvalue weighted by atomic mass is 16.3. The van der Waals surface area contributed by atoms with Crippen LogP contribution in [-0.2, 0) is 6.42 Å². The Morgan fingerprint density at radius 2 is 2.53 bits per heavy atom. The van der Waals surface area contributed by atoms with Gasteiger partial charge in [0.25, 0.3) is 5.91 Å². The lowest BCUT2D eigenvalue weighted by molar-refractivity contribution is 0.0763. The van der Waals surface area contributed by atoms with Gasteiger partial charge in [-0.15, -0.1) is 0 Å². The summed E-state index contributed by atoms with van der Waals surface area (Å²) in [4.78, 5) is 13.7. The number of hydrogen-bond acceptors (Lipinski definition) is 3. The molecule has 1 aliphatic heterocycles. The molecule has 1 unspecified atom stereocenters. The van der Waals surface area contributed by atoms with Crippen LogP contribution in [0.25, 0.3) is 0 Å². The average Bonchev–Trinajstić information content (AvgIpc) is 2.84. The number of amides is 1. The van der Waals surface area contributed by atoms with Gasteiger partial charge in [0.1, 0.15) is 5.76 Å². The van der Waals surface area contributed by atoms with Gasteiger partial charge in [0.05, 0.1) is 17.9 Å². The lowest BCUT2D eigenvalue weighted by Crippen LogP contribution is -2.29. The fourth-order valence-electron chi connectivity index (χ4n) is 1.90. The predicted octanol–water partition coefficient (Wildman–Crippen LogP) is 1.05. The molecule has 0 saturated carbocycles. The van der Waals surface area contributed by atoms with E-state index in [-0.39, 0.29) is 12.0 Å². The molecule has 0 radical (unpaired) electrons. The lowest BCUT2D eigenvalue weighted by atomic mass is 10.2. The summed E-state index contributed by atoms with van der Waals surface area (Å²) >= 11 is 0. The van der Waals surface area contributed by atoms with Gasteiger partial charge >= 0.3 is 0 Å². The molecule has 0 aromatic carbocycles. The van der Waals surface area contributed by atoms with Gasteiger partial charge in [0, 0.05) is 19.5 Å². The molecule has 15 heavy (non-hydrogen) atoms. The van der Waals surface area contributed by atoms with Crippen molar-refractivity contribution in [2.45, 2.75) is 25.9 Å². The Labute approximate surface area is 88.5 Å². The Morgan fingerprint density at radius 3 is 3.13 bits per heavy atom. The first kappa shape index (κ1) is 10.2. The molecule has 1 aliphatic rings. The topological polar surface area (TPSA) is 53.7 Å². The first-order valence-electron chi connectivity index (χ1n) is 5.26. The normalized spacial score (nSPS) is 20.9. The summed E-state index contributed by atoms with van der Waals surface area (Å²) in [5, 5.41) is 9.36. The number of likely N-dealkylation sites (tertiary alicyclic amines) is 1.